The summed E-state index contributed by atoms with van der Waals surface area (Å²) >= 11 is 6.02. The predicted molar refractivity (Wildman–Crippen MR) is 94.2 cm³/mol. The summed E-state index contributed by atoms with van der Waals surface area (Å²) in [6, 6.07) is 12.9. The maximum Gasteiger partial charge on any atom is 0.417 e. The van der Waals surface area contributed by atoms with Crippen LogP contribution in [-0.2, 0) is 12.7 Å². The van der Waals surface area contributed by atoms with Gasteiger partial charge in [0.15, 0.2) is 0 Å². The number of hydrogen-bond donors (Lipinski definition) is 0. The first-order valence-electron chi connectivity index (χ1n) is 7.75. The average molecular weight is 379 g/mol. The number of nitrogens with zero attached hydrogens (tertiary/aromatic N) is 2. The molecular formula is C19H14ClF3N2O. The van der Waals surface area contributed by atoms with Crippen LogP contribution in [0.2, 0.25) is 5.02 Å². The molecule has 26 heavy (non-hydrogen) atoms. The van der Waals surface area contributed by atoms with Crippen molar-refractivity contribution < 1.29 is 13.2 Å². The molecule has 0 unspecified atom stereocenters. The van der Waals surface area contributed by atoms with Crippen molar-refractivity contribution in [1.29, 1.82) is 0 Å². The van der Waals surface area contributed by atoms with E-state index in [1.807, 2.05) is 30.3 Å². The molecule has 0 spiro atoms. The molecule has 0 aliphatic rings. The topological polar surface area (TPSA) is 34.9 Å². The van der Waals surface area contributed by atoms with Gasteiger partial charge < -0.3 is 4.57 Å². The lowest BCUT2D eigenvalue weighted by molar-refractivity contribution is -0.137. The molecule has 134 valence electrons. The van der Waals surface area contributed by atoms with Gasteiger partial charge >= 0.3 is 6.18 Å². The number of aromatic nitrogens is 2. The van der Waals surface area contributed by atoms with E-state index in [4.69, 9.17) is 11.6 Å². The van der Waals surface area contributed by atoms with E-state index in [-0.39, 0.29) is 11.4 Å². The molecule has 0 aliphatic carbocycles. The van der Waals surface area contributed by atoms with Crippen molar-refractivity contribution >= 4 is 11.6 Å². The molecule has 0 N–H and O–H groups in total. The van der Waals surface area contributed by atoms with Crippen LogP contribution in [0.5, 0.6) is 0 Å². The third-order valence-electron chi connectivity index (χ3n) is 3.91. The lowest BCUT2D eigenvalue weighted by atomic mass is 10.1. The van der Waals surface area contributed by atoms with E-state index >= 15 is 0 Å². The van der Waals surface area contributed by atoms with Crippen molar-refractivity contribution in [1.82, 2.24) is 9.55 Å². The van der Waals surface area contributed by atoms with E-state index in [0.717, 1.165) is 11.6 Å². The SMILES string of the molecule is Cc1cn(Cc2ccccc2)c(-c2cccc(C(F)(F)F)c2Cl)nc1=O. The Hall–Kier alpha value is -2.60. The second-order valence-electron chi connectivity index (χ2n) is 5.83. The van der Waals surface area contributed by atoms with Crippen molar-refractivity contribution in [3.63, 3.8) is 0 Å². The van der Waals surface area contributed by atoms with Gasteiger partial charge in [-0.1, -0.05) is 48.0 Å². The standard InChI is InChI=1S/C19H14ClF3N2O/c1-12-10-25(11-13-6-3-2-4-7-13)17(24-18(12)26)14-8-5-9-15(16(14)20)19(21,22)23/h2-10H,11H2,1H3. The molecule has 0 saturated carbocycles. The van der Waals surface area contributed by atoms with Crippen LogP contribution in [0, 0.1) is 6.92 Å². The fraction of sp³-hybridized carbons (Fsp3) is 0.158. The molecule has 1 aromatic heterocycles. The quantitative estimate of drug-likeness (QED) is 0.647. The average Bonchev–Trinajstić information content (AvgIpc) is 2.58. The van der Waals surface area contributed by atoms with Crippen LogP contribution in [0.1, 0.15) is 16.7 Å². The third kappa shape index (κ3) is 3.65. The normalized spacial score (nSPS) is 11.6. The molecule has 3 rings (SSSR count). The Morgan fingerprint density at radius 2 is 1.77 bits per heavy atom. The van der Waals surface area contributed by atoms with E-state index in [9.17, 15) is 18.0 Å². The zero-order chi connectivity index (χ0) is 18.9. The van der Waals surface area contributed by atoms with Crippen LogP contribution in [0.15, 0.2) is 59.5 Å². The second-order valence-corrected chi connectivity index (χ2v) is 6.21. The number of alkyl halides is 3. The zero-order valence-electron chi connectivity index (χ0n) is 13.7. The van der Waals surface area contributed by atoms with Crippen LogP contribution in [0.3, 0.4) is 0 Å². The summed E-state index contributed by atoms with van der Waals surface area (Å²) in [5, 5.41) is -0.474. The Labute approximate surface area is 152 Å². The molecule has 0 saturated heterocycles. The minimum Gasteiger partial charge on any atom is -0.327 e. The highest BCUT2D eigenvalue weighted by Gasteiger charge is 2.34. The third-order valence-corrected chi connectivity index (χ3v) is 4.31. The smallest absolute Gasteiger partial charge is 0.327 e. The Kier molecular flexibility index (Phi) is 4.87. The number of hydrogen-bond acceptors (Lipinski definition) is 2. The van der Waals surface area contributed by atoms with Crippen molar-refractivity contribution in [2.45, 2.75) is 19.6 Å². The highest BCUT2D eigenvalue weighted by molar-refractivity contribution is 6.34. The molecule has 0 fully saturated rings. The molecule has 0 radical (unpaired) electrons. The minimum atomic E-state index is -4.59. The lowest BCUT2D eigenvalue weighted by Gasteiger charge is -2.17. The molecule has 0 aliphatic heterocycles. The van der Waals surface area contributed by atoms with Gasteiger partial charge in [0.2, 0.25) is 0 Å². The number of benzene rings is 2. The van der Waals surface area contributed by atoms with Crippen molar-refractivity contribution in [3.8, 4) is 11.4 Å². The fourth-order valence-electron chi connectivity index (χ4n) is 2.64. The summed E-state index contributed by atoms with van der Waals surface area (Å²) in [5.41, 5.74) is -0.0838. The summed E-state index contributed by atoms with van der Waals surface area (Å²) in [6.07, 6.45) is -3.02. The van der Waals surface area contributed by atoms with Crippen molar-refractivity contribution in [2.24, 2.45) is 0 Å². The van der Waals surface area contributed by atoms with Crippen LogP contribution >= 0.6 is 11.6 Å². The molecule has 7 heteroatoms. The van der Waals surface area contributed by atoms with E-state index < -0.39 is 22.3 Å². The lowest BCUT2D eigenvalue weighted by Crippen LogP contribution is -2.18. The van der Waals surface area contributed by atoms with Gasteiger partial charge in [-0.15, -0.1) is 0 Å². The molecular weight excluding hydrogens is 365 g/mol. The summed E-state index contributed by atoms with van der Waals surface area (Å²) in [5.74, 6) is 0.0977. The van der Waals surface area contributed by atoms with Crippen molar-refractivity contribution in [2.75, 3.05) is 0 Å². The van der Waals surface area contributed by atoms with Gasteiger partial charge in [0.05, 0.1) is 10.6 Å². The monoisotopic (exact) mass is 378 g/mol. The second kappa shape index (κ2) is 6.96. The van der Waals surface area contributed by atoms with Gasteiger partial charge in [0.25, 0.3) is 5.56 Å². The number of aryl methyl sites for hydroxylation is 1. The Balaban J connectivity index is 2.19. The van der Waals surface area contributed by atoms with Gasteiger partial charge in [-0.05, 0) is 24.6 Å². The molecule has 2 aromatic carbocycles. The number of halogens is 4. The summed E-state index contributed by atoms with van der Waals surface area (Å²) in [6.45, 7) is 1.95. The van der Waals surface area contributed by atoms with Crippen LogP contribution in [0.4, 0.5) is 13.2 Å². The molecule has 0 bridgehead atoms. The Morgan fingerprint density at radius 1 is 1.08 bits per heavy atom. The first kappa shape index (κ1) is 18.2. The van der Waals surface area contributed by atoms with E-state index in [1.54, 1.807) is 17.7 Å². The molecule has 0 atom stereocenters. The largest absolute Gasteiger partial charge is 0.417 e. The maximum atomic E-state index is 13.2. The van der Waals surface area contributed by atoms with Gasteiger partial charge in [0.1, 0.15) is 5.82 Å². The first-order valence-corrected chi connectivity index (χ1v) is 8.13. The van der Waals surface area contributed by atoms with Crippen molar-refractivity contribution in [3.05, 3.63) is 86.8 Å². The van der Waals surface area contributed by atoms with Crippen LogP contribution < -0.4 is 5.56 Å². The van der Waals surface area contributed by atoms with Crippen LogP contribution in [-0.4, -0.2) is 9.55 Å². The van der Waals surface area contributed by atoms with E-state index in [1.165, 1.54) is 12.1 Å². The van der Waals surface area contributed by atoms with Gasteiger partial charge in [-0.25, -0.2) is 0 Å². The molecule has 0 amide bonds. The first-order chi connectivity index (χ1) is 12.3. The number of rotatable bonds is 3. The van der Waals surface area contributed by atoms with Gasteiger partial charge in [-0.3, -0.25) is 4.79 Å². The summed E-state index contributed by atoms with van der Waals surface area (Å²) in [7, 11) is 0. The summed E-state index contributed by atoms with van der Waals surface area (Å²) in [4.78, 5) is 16.0. The van der Waals surface area contributed by atoms with E-state index in [2.05, 4.69) is 4.98 Å². The highest BCUT2D eigenvalue weighted by atomic mass is 35.5. The van der Waals surface area contributed by atoms with Crippen LogP contribution in [0.25, 0.3) is 11.4 Å². The minimum absolute atomic E-state index is 0.0644. The van der Waals surface area contributed by atoms with Gasteiger partial charge in [-0.2, -0.15) is 18.2 Å². The maximum absolute atomic E-state index is 13.2. The zero-order valence-corrected chi connectivity index (χ0v) is 14.5. The predicted octanol–water partition coefficient (Wildman–Crippen LogP) is 4.94. The fourth-order valence-corrected chi connectivity index (χ4v) is 2.96. The Morgan fingerprint density at radius 3 is 2.42 bits per heavy atom. The molecule has 3 nitrogen and oxygen atoms in total. The van der Waals surface area contributed by atoms with Gasteiger partial charge in [0, 0.05) is 23.9 Å². The molecule has 3 aromatic rings. The summed E-state index contributed by atoms with van der Waals surface area (Å²) < 4.78 is 41.1. The van der Waals surface area contributed by atoms with E-state index in [0.29, 0.717) is 12.1 Å². The molecule has 1 heterocycles. The highest BCUT2D eigenvalue weighted by Crippen LogP contribution is 2.39. The Bertz CT molecular complexity index is 998.